The fourth-order valence-corrected chi connectivity index (χ4v) is 1.08. The molecule has 0 atom stereocenters. The van der Waals surface area contributed by atoms with Gasteiger partial charge in [0.25, 0.3) is 5.56 Å². The smallest absolute Gasteiger partial charge is 0.482 e. The van der Waals surface area contributed by atoms with Crippen molar-refractivity contribution in [3.63, 3.8) is 0 Å². The van der Waals surface area contributed by atoms with Gasteiger partial charge in [-0.25, -0.2) is 0 Å². The van der Waals surface area contributed by atoms with Crippen molar-refractivity contribution in [1.29, 1.82) is 0 Å². The van der Waals surface area contributed by atoms with Crippen molar-refractivity contribution in [3.8, 4) is 11.6 Å². The minimum Gasteiger partial charge on any atom is -0.482 e. The number of pyridine rings is 1. The van der Waals surface area contributed by atoms with Crippen LogP contribution in [0.1, 0.15) is 5.56 Å². The lowest BCUT2D eigenvalue weighted by atomic mass is 10.2. The number of nitrogens with one attached hydrogen (secondary N) is 1. The van der Waals surface area contributed by atoms with Crippen LogP contribution in [-0.2, 0) is 6.61 Å². The van der Waals surface area contributed by atoms with Gasteiger partial charge >= 0.3 is 6.36 Å². The van der Waals surface area contributed by atoms with E-state index >= 15 is 0 Å². The lowest BCUT2D eigenvalue weighted by Gasteiger charge is -2.13. The average Bonchev–Trinajstić information content (AvgIpc) is 2.14. The van der Waals surface area contributed by atoms with Gasteiger partial charge in [-0.1, -0.05) is 0 Å². The normalized spacial score (nSPS) is 11.3. The maximum atomic E-state index is 12.0. The second kappa shape index (κ2) is 4.44. The molecule has 0 bridgehead atoms. The number of ether oxygens (including phenoxy) is 2. The first-order valence-corrected chi connectivity index (χ1v) is 4.04. The summed E-state index contributed by atoms with van der Waals surface area (Å²) in [6, 6.07) is 0.585. The standard InChI is InChI=1S/C8H8F3NO4/c1-15-7-4(3-13)5(2-6(14)12-7)16-8(9,10)11/h2,13H,3H2,1H3,(H,12,14). The summed E-state index contributed by atoms with van der Waals surface area (Å²) in [6.07, 6.45) is -4.94. The molecule has 0 saturated heterocycles. The van der Waals surface area contributed by atoms with Crippen LogP contribution in [0.3, 0.4) is 0 Å². The van der Waals surface area contributed by atoms with Gasteiger partial charge in [-0.05, 0) is 0 Å². The van der Waals surface area contributed by atoms with E-state index in [1.807, 2.05) is 0 Å². The number of hydrogen-bond donors (Lipinski definition) is 2. The highest BCUT2D eigenvalue weighted by Crippen LogP contribution is 2.29. The summed E-state index contributed by atoms with van der Waals surface area (Å²) in [4.78, 5) is 13.1. The molecule has 0 saturated carbocycles. The zero-order chi connectivity index (χ0) is 12.3. The van der Waals surface area contributed by atoms with Crippen LogP contribution in [0.15, 0.2) is 10.9 Å². The fourth-order valence-electron chi connectivity index (χ4n) is 1.08. The van der Waals surface area contributed by atoms with Crippen molar-refractivity contribution in [2.24, 2.45) is 0 Å². The molecule has 90 valence electrons. The summed E-state index contributed by atoms with van der Waals surface area (Å²) >= 11 is 0. The van der Waals surface area contributed by atoms with Gasteiger partial charge in [0.1, 0.15) is 5.75 Å². The van der Waals surface area contributed by atoms with E-state index in [0.717, 1.165) is 7.11 Å². The highest BCUT2D eigenvalue weighted by molar-refractivity contribution is 5.39. The zero-order valence-corrected chi connectivity index (χ0v) is 8.09. The highest BCUT2D eigenvalue weighted by atomic mass is 19.4. The van der Waals surface area contributed by atoms with Crippen LogP contribution in [0.5, 0.6) is 11.6 Å². The number of halogens is 3. The Morgan fingerprint density at radius 3 is 2.56 bits per heavy atom. The van der Waals surface area contributed by atoms with Crippen molar-refractivity contribution >= 4 is 0 Å². The molecule has 2 N–H and O–H groups in total. The van der Waals surface area contributed by atoms with Crippen LogP contribution in [0.25, 0.3) is 0 Å². The number of rotatable bonds is 3. The second-order valence-corrected chi connectivity index (χ2v) is 2.72. The minimum absolute atomic E-state index is 0.269. The Labute approximate surface area is 87.4 Å². The topological polar surface area (TPSA) is 71.6 Å². The van der Waals surface area contributed by atoms with E-state index in [1.165, 1.54) is 0 Å². The maximum absolute atomic E-state index is 12.0. The zero-order valence-electron chi connectivity index (χ0n) is 8.09. The predicted molar refractivity (Wildman–Crippen MR) is 46.2 cm³/mol. The molecule has 0 unspecified atom stereocenters. The van der Waals surface area contributed by atoms with Crippen LogP contribution < -0.4 is 15.0 Å². The van der Waals surface area contributed by atoms with Crippen LogP contribution >= 0.6 is 0 Å². The first kappa shape index (κ1) is 12.4. The summed E-state index contributed by atoms with van der Waals surface area (Å²) in [5, 5.41) is 8.87. The number of methoxy groups -OCH3 is 1. The summed E-state index contributed by atoms with van der Waals surface area (Å²) in [5.41, 5.74) is -1.10. The first-order valence-electron chi connectivity index (χ1n) is 4.04. The number of aromatic amines is 1. The molecule has 1 heterocycles. The molecule has 0 spiro atoms. The molecular formula is C8H8F3NO4. The number of aromatic nitrogens is 1. The summed E-state index contributed by atoms with van der Waals surface area (Å²) in [6.45, 7) is -0.759. The van der Waals surface area contributed by atoms with Gasteiger partial charge in [0.2, 0.25) is 5.88 Å². The van der Waals surface area contributed by atoms with Gasteiger partial charge in [-0.3, -0.25) is 9.78 Å². The molecule has 0 amide bonds. The van der Waals surface area contributed by atoms with Crippen molar-refractivity contribution in [3.05, 3.63) is 22.0 Å². The Morgan fingerprint density at radius 1 is 1.50 bits per heavy atom. The molecule has 16 heavy (non-hydrogen) atoms. The van der Waals surface area contributed by atoms with E-state index in [1.54, 1.807) is 0 Å². The molecule has 8 heteroatoms. The molecule has 0 radical (unpaired) electrons. The van der Waals surface area contributed by atoms with Gasteiger partial charge in [-0.15, -0.1) is 13.2 Å². The third-order valence-corrected chi connectivity index (χ3v) is 1.66. The Hall–Kier alpha value is -1.70. The monoisotopic (exact) mass is 239 g/mol. The van der Waals surface area contributed by atoms with Crippen LogP contribution in [-0.4, -0.2) is 23.6 Å². The molecule has 0 aliphatic carbocycles. The summed E-state index contributed by atoms with van der Waals surface area (Å²) < 4.78 is 44.1. The largest absolute Gasteiger partial charge is 0.573 e. The molecule has 0 aliphatic heterocycles. The molecular weight excluding hydrogens is 231 g/mol. The van der Waals surface area contributed by atoms with Crippen molar-refractivity contribution in [1.82, 2.24) is 4.98 Å². The van der Waals surface area contributed by atoms with E-state index in [4.69, 9.17) is 5.11 Å². The molecule has 1 aromatic heterocycles. The van der Waals surface area contributed by atoms with Gasteiger partial charge in [0.15, 0.2) is 0 Å². The number of aliphatic hydroxyl groups excluding tert-OH is 1. The van der Waals surface area contributed by atoms with E-state index in [2.05, 4.69) is 14.5 Å². The molecule has 5 nitrogen and oxygen atoms in total. The van der Waals surface area contributed by atoms with Gasteiger partial charge in [0.05, 0.1) is 19.3 Å². The second-order valence-electron chi connectivity index (χ2n) is 2.72. The number of aliphatic hydroxyl groups is 1. The predicted octanol–water partition coefficient (Wildman–Crippen LogP) is 0.774. The quantitative estimate of drug-likeness (QED) is 0.817. The molecule has 0 aliphatic rings. The van der Waals surface area contributed by atoms with E-state index in [9.17, 15) is 18.0 Å². The van der Waals surface area contributed by atoms with E-state index in [0.29, 0.717) is 6.07 Å². The van der Waals surface area contributed by atoms with Crippen molar-refractivity contribution < 1.29 is 27.8 Å². The summed E-state index contributed by atoms with van der Waals surface area (Å²) in [7, 11) is 1.14. The molecule has 1 aromatic rings. The lowest BCUT2D eigenvalue weighted by Crippen LogP contribution is -2.20. The highest BCUT2D eigenvalue weighted by Gasteiger charge is 2.33. The third-order valence-electron chi connectivity index (χ3n) is 1.66. The minimum atomic E-state index is -4.94. The molecule has 1 rings (SSSR count). The molecule has 0 fully saturated rings. The molecule has 0 aromatic carbocycles. The van der Waals surface area contributed by atoms with E-state index in [-0.39, 0.29) is 11.4 Å². The van der Waals surface area contributed by atoms with Crippen LogP contribution in [0.4, 0.5) is 13.2 Å². The summed E-state index contributed by atoms with van der Waals surface area (Å²) in [5.74, 6) is -1.05. The third kappa shape index (κ3) is 2.89. The number of alkyl halides is 3. The van der Waals surface area contributed by atoms with Gasteiger partial charge < -0.3 is 14.6 Å². The fraction of sp³-hybridized carbons (Fsp3) is 0.375. The lowest BCUT2D eigenvalue weighted by molar-refractivity contribution is -0.275. The average molecular weight is 239 g/mol. The van der Waals surface area contributed by atoms with E-state index < -0.39 is 24.3 Å². The number of H-pyrrole nitrogens is 1. The Kier molecular flexibility index (Phi) is 3.43. The van der Waals surface area contributed by atoms with Crippen molar-refractivity contribution in [2.75, 3.05) is 7.11 Å². The maximum Gasteiger partial charge on any atom is 0.573 e. The Morgan fingerprint density at radius 2 is 2.12 bits per heavy atom. The Bertz CT molecular complexity index is 426. The number of hydrogen-bond acceptors (Lipinski definition) is 4. The first-order chi connectivity index (χ1) is 7.37. The van der Waals surface area contributed by atoms with Gasteiger partial charge in [-0.2, -0.15) is 0 Å². The Balaban J connectivity index is 3.26. The van der Waals surface area contributed by atoms with Crippen molar-refractivity contribution in [2.45, 2.75) is 13.0 Å². The van der Waals surface area contributed by atoms with Crippen LogP contribution in [0.2, 0.25) is 0 Å². The van der Waals surface area contributed by atoms with Crippen LogP contribution in [0, 0.1) is 0 Å². The van der Waals surface area contributed by atoms with Gasteiger partial charge in [0, 0.05) is 6.07 Å². The SMILES string of the molecule is COc1[nH]c(=O)cc(OC(F)(F)F)c1CO.